The second-order valence-electron chi connectivity index (χ2n) is 5.70. The van der Waals surface area contributed by atoms with Crippen molar-refractivity contribution < 1.29 is 5.11 Å². The summed E-state index contributed by atoms with van der Waals surface area (Å²) in [5.74, 6) is 0.834. The summed E-state index contributed by atoms with van der Waals surface area (Å²) in [7, 11) is 0. The van der Waals surface area contributed by atoms with Crippen molar-refractivity contribution in [2.75, 3.05) is 0 Å². The molecule has 1 heterocycles. The maximum absolute atomic E-state index is 9.36. The summed E-state index contributed by atoms with van der Waals surface area (Å²) in [6.45, 7) is 5.71. The van der Waals surface area contributed by atoms with Crippen molar-refractivity contribution in [2.24, 2.45) is 5.92 Å². The van der Waals surface area contributed by atoms with Crippen molar-refractivity contribution in [1.29, 1.82) is 0 Å². The lowest BCUT2D eigenvalue weighted by Gasteiger charge is -2.22. The monoisotopic (exact) mass is 257 g/mol. The number of aromatic nitrogens is 1. The van der Waals surface area contributed by atoms with Gasteiger partial charge in [0.25, 0.3) is 0 Å². The molecule has 1 aromatic heterocycles. The Bertz CT molecular complexity index is 597. The molecule has 2 aromatic rings. The van der Waals surface area contributed by atoms with Crippen LogP contribution in [0.3, 0.4) is 0 Å². The molecule has 0 aliphatic heterocycles. The highest BCUT2D eigenvalue weighted by atomic mass is 16.3. The summed E-state index contributed by atoms with van der Waals surface area (Å²) in [6.07, 6.45) is 5.03. The summed E-state index contributed by atoms with van der Waals surface area (Å²) < 4.78 is 2.47. The van der Waals surface area contributed by atoms with Crippen LogP contribution in [-0.4, -0.2) is 9.67 Å². The number of hydrogen-bond donors (Lipinski definition) is 1. The maximum atomic E-state index is 9.36. The Morgan fingerprint density at radius 2 is 2.16 bits per heavy atom. The third-order valence-electron chi connectivity index (χ3n) is 4.71. The lowest BCUT2D eigenvalue weighted by Crippen LogP contribution is -2.15. The first-order chi connectivity index (χ1) is 9.28. The van der Waals surface area contributed by atoms with E-state index in [0.717, 1.165) is 18.0 Å². The van der Waals surface area contributed by atoms with E-state index in [0.29, 0.717) is 0 Å². The first-order valence-electron chi connectivity index (χ1n) is 7.52. The van der Waals surface area contributed by atoms with Crippen LogP contribution >= 0.6 is 0 Å². The average molecular weight is 257 g/mol. The molecule has 19 heavy (non-hydrogen) atoms. The summed E-state index contributed by atoms with van der Waals surface area (Å²) in [4.78, 5) is 0. The fraction of sp³-hybridized carbons (Fsp3) is 0.529. The predicted octanol–water partition coefficient (Wildman–Crippen LogP) is 3.67. The molecule has 2 nitrogen and oxygen atoms in total. The Hall–Kier alpha value is -1.28. The number of aliphatic hydroxyl groups is 1. The van der Waals surface area contributed by atoms with Gasteiger partial charge in [-0.15, -0.1) is 0 Å². The van der Waals surface area contributed by atoms with E-state index in [2.05, 4.69) is 36.6 Å². The van der Waals surface area contributed by atoms with Gasteiger partial charge in [0, 0.05) is 23.1 Å². The zero-order valence-electron chi connectivity index (χ0n) is 11.9. The molecule has 1 aliphatic rings. The number of aliphatic hydroxyl groups excluding tert-OH is 1. The molecule has 0 fully saturated rings. The first kappa shape index (κ1) is 12.7. The van der Waals surface area contributed by atoms with Crippen LogP contribution in [-0.2, 0) is 26.0 Å². The Balaban J connectivity index is 2.21. The minimum Gasteiger partial charge on any atom is -0.392 e. The second kappa shape index (κ2) is 5.01. The van der Waals surface area contributed by atoms with E-state index in [4.69, 9.17) is 0 Å². The minimum absolute atomic E-state index is 0.138. The second-order valence-corrected chi connectivity index (χ2v) is 5.70. The Kier molecular flexibility index (Phi) is 3.36. The SMILES string of the molecule is CC[C@@H]1CCc2c(c3cc(CO)ccc3n2CC)C1. The maximum Gasteiger partial charge on any atom is 0.0682 e. The van der Waals surface area contributed by atoms with E-state index >= 15 is 0 Å². The summed E-state index contributed by atoms with van der Waals surface area (Å²) in [5, 5.41) is 10.7. The molecule has 1 atom stereocenters. The van der Waals surface area contributed by atoms with Gasteiger partial charge in [-0.3, -0.25) is 0 Å². The molecule has 0 radical (unpaired) electrons. The fourth-order valence-corrected chi connectivity index (χ4v) is 3.58. The third-order valence-corrected chi connectivity index (χ3v) is 4.71. The summed E-state index contributed by atoms with van der Waals surface area (Å²) >= 11 is 0. The molecule has 0 saturated carbocycles. The molecular weight excluding hydrogens is 234 g/mol. The van der Waals surface area contributed by atoms with Crippen molar-refractivity contribution >= 4 is 10.9 Å². The molecule has 0 bridgehead atoms. The van der Waals surface area contributed by atoms with Gasteiger partial charge in [-0.25, -0.2) is 0 Å². The molecule has 102 valence electrons. The van der Waals surface area contributed by atoms with Crippen LogP contribution < -0.4 is 0 Å². The molecule has 0 unspecified atom stereocenters. The van der Waals surface area contributed by atoms with Crippen molar-refractivity contribution in [1.82, 2.24) is 4.57 Å². The van der Waals surface area contributed by atoms with Gasteiger partial charge in [0.05, 0.1) is 6.61 Å². The van der Waals surface area contributed by atoms with Crippen molar-refractivity contribution in [3.8, 4) is 0 Å². The fourth-order valence-electron chi connectivity index (χ4n) is 3.58. The minimum atomic E-state index is 0.138. The lowest BCUT2D eigenvalue weighted by molar-refractivity contribution is 0.282. The van der Waals surface area contributed by atoms with Crippen LogP contribution in [0.5, 0.6) is 0 Å². The van der Waals surface area contributed by atoms with Gasteiger partial charge in [-0.2, -0.15) is 0 Å². The number of aryl methyl sites for hydroxylation is 1. The first-order valence-corrected chi connectivity index (χ1v) is 7.52. The largest absolute Gasteiger partial charge is 0.392 e. The molecule has 1 aliphatic carbocycles. The van der Waals surface area contributed by atoms with Crippen LogP contribution in [0.1, 0.15) is 43.5 Å². The smallest absolute Gasteiger partial charge is 0.0682 e. The van der Waals surface area contributed by atoms with E-state index in [9.17, 15) is 5.11 Å². The van der Waals surface area contributed by atoms with Crippen LogP contribution in [0.2, 0.25) is 0 Å². The summed E-state index contributed by atoms with van der Waals surface area (Å²) in [6, 6.07) is 6.43. The number of nitrogens with zero attached hydrogens (tertiary/aromatic N) is 1. The van der Waals surface area contributed by atoms with Crippen LogP contribution in [0.15, 0.2) is 18.2 Å². The lowest BCUT2D eigenvalue weighted by atomic mass is 9.85. The normalized spacial score (nSPS) is 18.8. The molecule has 1 N–H and O–H groups in total. The number of benzene rings is 1. The molecular formula is C17H23NO. The zero-order valence-corrected chi connectivity index (χ0v) is 11.9. The molecule has 3 rings (SSSR count). The van der Waals surface area contributed by atoms with Gasteiger partial charge in [0.2, 0.25) is 0 Å². The molecule has 2 heteroatoms. The van der Waals surface area contributed by atoms with E-state index in [1.807, 2.05) is 0 Å². The molecule has 0 spiro atoms. The third kappa shape index (κ3) is 1.99. The van der Waals surface area contributed by atoms with Crippen LogP contribution in [0.4, 0.5) is 0 Å². The average Bonchev–Trinajstić information content (AvgIpc) is 2.79. The van der Waals surface area contributed by atoms with E-state index < -0.39 is 0 Å². The standard InChI is InChI=1S/C17H23NO/c1-3-12-5-7-16-14(9-12)15-10-13(11-19)6-8-17(15)18(16)4-2/h6,8,10,12,19H,3-5,7,9,11H2,1-2H3/t12-/m1/s1. The van der Waals surface area contributed by atoms with Crippen molar-refractivity contribution in [3.05, 3.63) is 35.0 Å². The topological polar surface area (TPSA) is 25.2 Å². The van der Waals surface area contributed by atoms with Crippen LogP contribution in [0, 0.1) is 5.92 Å². The highest BCUT2D eigenvalue weighted by Crippen LogP contribution is 2.35. The van der Waals surface area contributed by atoms with Gasteiger partial charge in [0.15, 0.2) is 0 Å². The van der Waals surface area contributed by atoms with E-state index in [-0.39, 0.29) is 6.61 Å². The number of hydrogen-bond acceptors (Lipinski definition) is 1. The van der Waals surface area contributed by atoms with E-state index in [1.54, 1.807) is 5.56 Å². The quantitative estimate of drug-likeness (QED) is 0.891. The van der Waals surface area contributed by atoms with Gasteiger partial charge < -0.3 is 9.67 Å². The van der Waals surface area contributed by atoms with Gasteiger partial charge in [-0.1, -0.05) is 19.4 Å². The molecule has 1 aromatic carbocycles. The molecule has 0 amide bonds. The Morgan fingerprint density at radius 1 is 1.32 bits per heavy atom. The van der Waals surface area contributed by atoms with E-state index in [1.165, 1.54) is 42.3 Å². The highest BCUT2D eigenvalue weighted by molar-refractivity contribution is 5.86. The predicted molar refractivity (Wildman–Crippen MR) is 79.3 cm³/mol. The number of rotatable bonds is 3. The Labute approximate surface area is 115 Å². The zero-order chi connectivity index (χ0) is 13.4. The van der Waals surface area contributed by atoms with Crippen molar-refractivity contribution in [2.45, 2.75) is 52.7 Å². The van der Waals surface area contributed by atoms with Crippen LogP contribution in [0.25, 0.3) is 10.9 Å². The summed E-state index contributed by atoms with van der Waals surface area (Å²) in [5.41, 5.74) is 5.46. The van der Waals surface area contributed by atoms with Gasteiger partial charge in [0.1, 0.15) is 0 Å². The van der Waals surface area contributed by atoms with Gasteiger partial charge in [-0.05, 0) is 55.4 Å². The molecule has 0 saturated heterocycles. The number of fused-ring (bicyclic) bond motifs is 3. The Morgan fingerprint density at radius 3 is 2.84 bits per heavy atom. The van der Waals surface area contributed by atoms with Crippen molar-refractivity contribution in [3.63, 3.8) is 0 Å². The highest BCUT2D eigenvalue weighted by Gasteiger charge is 2.24. The van der Waals surface area contributed by atoms with Gasteiger partial charge >= 0.3 is 0 Å².